The average Bonchev–Trinajstić information content (AvgIpc) is 2.80. The summed E-state index contributed by atoms with van der Waals surface area (Å²) in [5, 5.41) is 0. The number of ketones is 1. The molecule has 0 N–H and O–H groups in total. The van der Waals surface area contributed by atoms with E-state index in [1.165, 1.54) is 7.11 Å². The van der Waals surface area contributed by atoms with Crippen molar-refractivity contribution in [3.63, 3.8) is 0 Å². The minimum absolute atomic E-state index is 0.120. The van der Waals surface area contributed by atoms with Crippen molar-refractivity contribution >= 4 is 17.8 Å². The van der Waals surface area contributed by atoms with Crippen LogP contribution in [0.1, 0.15) is 31.8 Å². The van der Waals surface area contributed by atoms with Crippen LogP contribution in [0.15, 0.2) is 78.4 Å². The predicted octanol–water partition coefficient (Wildman–Crippen LogP) is 4.71. The van der Waals surface area contributed by atoms with E-state index < -0.39 is 5.97 Å². The SMILES string of the molecule is COC(=O)c1cccc(C=C2COc3ccc(OCc4ccccc4)cc3C2=O)c1. The first-order chi connectivity index (χ1) is 14.6. The maximum absolute atomic E-state index is 13.0. The van der Waals surface area contributed by atoms with E-state index in [1.54, 1.807) is 42.5 Å². The Hall–Kier alpha value is -3.86. The number of hydrogen-bond donors (Lipinski definition) is 0. The Bertz CT molecular complexity index is 1120. The van der Waals surface area contributed by atoms with Gasteiger partial charge in [0.15, 0.2) is 5.78 Å². The Labute approximate surface area is 174 Å². The fraction of sp³-hybridized carbons (Fsp3) is 0.120. The van der Waals surface area contributed by atoms with Gasteiger partial charge in [0.05, 0.1) is 18.2 Å². The van der Waals surface area contributed by atoms with Crippen LogP contribution in [0.25, 0.3) is 6.08 Å². The molecule has 4 rings (SSSR count). The Morgan fingerprint density at radius 1 is 1.03 bits per heavy atom. The number of fused-ring (bicyclic) bond motifs is 1. The summed E-state index contributed by atoms with van der Waals surface area (Å²) in [5.74, 6) is 0.591. The smallest absolute Gasteiger partial charge is 0.337 e. The van der Waals surface area contributed by atoms with Crippen molar-refractivity contribution in [2.75, 3.05) is 13.7 Å². The Balaban J connectivity index is 1.55. The molecular formula is C25H20O5. The summed E-state index contributed by atoms with van der Waals surface area (Å²) < 4.78 is 16.3. The maximum atomic E-state index is 13.0. The zero-order chi connectivity index (χ0) is 20.9. The Morgan fingerprint density at radius 2 is 1.87 bits per heavy atom. The number of rotatable bonds is 5. The van der Waals surface area contributed by atoms with Gasteiger partial charge in [0, 0.05) is 5.57 Å². The highest BCUT2D eigenvalue weighted by Crippen LogP contribution is 2.31. The second kappa shape index (κ2) is 8.66. The third-order valence-corrected chi connectivity index (χ3v) is 4.77. The van der Waals surface area contributed by atoms with Crippen molar-refractivity contribution in [2.45, 2.75) is 6.61 Å². The molecule has 5 nitrogen and oxygen atoms in total. The molecule has 1 heterocycles. The molecule has 3 aromatic rings. The van der Waals surface area contributed by atoms with E-state index in [1.807, 2.05) is 36.4 Å². The molecule has 0 aliphatic carbocycles. The van der Waals surface area contributed by atoms with Gasteiger partial charge in [-0.05, 0) is 47.5 Å². The topological polar surface area (TPSA) is 61.8 Å². The Kier molecular flexibility index (Phi) is 5.61. The maximum Gasteiger partial charge on any atom is 0.337 e. The molecule has 0 atom stereocenters. The van der Waals surface area contributed by atoms with E-state index in [9.17, 15) is 9.59 Å². The highest BCUT2D eigenvalue weighted by molar-refractivity contribution is 6.14. The van der Waals surface area contributed by atoms with Crippen LogP contribution in [0.3, 0.4) is 0 Å². The second-order valence-electron chi connectivity index (χ2n) is 6.84. The van der Waals surface area contributed by atoms with Crippen LogP contribution in [0.5, 0.6) is 11.5 Å². The lowest BCUT2D eigenvalue weighted by atomic mass is 9.97. The molecule has 0 amide bonds. The summed E-state index contributed by atoms with van der Waals surface area (Å²) >= 11 is 0. The number of ether oxygens (including phenoxy) is 3. The molecule has 0 unspecified atom stereocenters. The molecule has 3 aromatic carbocycles. The van der Waals surface area contributed by atoms with Crippen molar-refractivity contribution < 1.29 is 23.8 Å². The van der Waals surface area contributed by atoms with Gasteiger partial charge < -0.3 is 14.2 Å². The summed E-state index contributed by atoms with van der Waals surface area (Å²) in [6, 6.07) is 22.0. The standard InChI is InChI=1S/C25H20O5/c1-28-25(27)19-9-5-8-18(12-19)13-20-16-30-23-11-10-21(14-22(23)24(20)26)29-15-17-6-3-2-4-7-17/h2-14H,15-16H2,1H3. The number of methoxy groups -OCH3 is 1. The van der Waals surface area contributed by atoms with Gasteiger partial charge in [0.25, 0.3) is 0 Å². The van der Waals surface area contributed by atoms with Crippen LogP contribution in [-0.2, 0) is 11.3 Å². The van der Waals surface area contributed by atoms with E-state index in [0.29, 0.717) is 34.8 Å². The van der Waals surface area contributed by atoms with Crippen molar-refractivity contribution in [3.05, 3.63) is 101 Å². The monoisotopic (exact) mass is 400 g/mol. The number of hydrogen-bond acceptors (Lipinski definition) is 5. The van der Waals surface area contributed by atoms with Gasteiger partial charge >= 0.3 is 5.97 Å². The summed E-state index contributed by atoms with van der Waals surface area (Å²) in [6.45, 7) is 0.580. The van der Waals surface area contributed by atoms with E-state index in [-0.39, 0.29) is 12.4 Å². The minimum Gasteiger partial charge on any atom is -0.489 e. The molecule has 1 aliphatic heterocycles. The zero-order valence-electron chi connectivity index (χ0n) is 16.5. The van der Waals surface area contributed by atoms with Crippen LogP contribution >= 0.6 is 0 Å². The summed E-state index contributed by atoms with van der Waals surface area (Å²) in [7, 11) is 1.33. The first kappa shape index (κ1) is 19.5. The molecule has 0 saturated heterocycles. The van der Waals surface area contributed by atoms with Crippen LogP contribution in [0, 0.1) is 0 Å². The number of Topliss-reactive ketones (excluding diaryl/α,β-unsaturated/α-hetero) is 1. The van der Waals surface area contributed by atoms with Gasteiger partial charge in [-0.2, -0.15) is 0 Å². The molecule has 1 aliphatic rings. The van der Waals surface area contributed by atoms with Gasteiger partial charge in [-0.1, -0.05) is 42.5 Å². The molecule has 0 aromatic heterocycles. The van der Waals surface area contributed by atoms with Crippen molar-refractivity contribution in [3.8, 4) is 11.5 Å². The minimum atomic E-state index is -0.424. The lowest BCUT2D eigenvalue weighted by Gasteiger charge is -2.20. The van der Waals surface area contributed by atoms with Crippen LogP contribution in [0.2, 0.25) is 0 Å². The van der Waals surface area contributed by atoms with E-state index in [0.717, 1.165) is 11.1 Å². The summed E-state index contributed by atoms with van der Waals surface area (Å²) in [4.78, 5) is 24.8. The normalized spacial score (nSPS) is 14.0. The number of carbonyl (C=O) groups is 2. The van der Waals surface area contributed by atoms with Crippen molar-refractivity contribution in [2.24, 2.45) is 0 Å². The third-order valence-electron chi connectivity index (χ3n) is 4.77. The number of esters is 1. The lowest BCUT2D eigenvalue weighted by Crippen LogP contribution is -2.19. The summed E-state index contributed by atoms with van der Waals surface area (Å²) in [5.41, 5.74) is 3.16. The van der Waals surface area contributed by atoms with Crippen molar-refractivity contribution in [1.29, 1.82) is 0 Å². The second-order valence-corrected chi connectivity index (χ2v) is 6.84. The highest BCUT2D eigenvalue weighted by atomic mass is 16.5. The number of carbonyl (C=O) groups excluding carboxylic acids is 2. The van der Waals surface area contributed by atoms with Gasteiger partial charge in [-0.3, -0.25) is 4.79 Å². The van der Waals surface area contributed by atoms with Crippen LogP contribution in [-0.4, -0.2) is 25.5 Å². The fourth-order valence-corrected chi connectivity index (χ4v) is 3.22. The van der Waals surface area contributed by atoms with Crippen molar-refractivity contribution in [1.82, 2.24) is 0 Å². The molecule has 150 valence electrons. The molecular weight excluding hydrogens is 380 g/mol. The lowest BCUT2D eigenvalue weighted by molar-refractivity contribution is 0.0600. The van der Waals surface area contributed by atoms with Gasteiger partial charge in [0.1, 0.15) is 24.7 Å². The number of benzene rings is 3. The summed E-state index contributed by atoms with van der Waals surface area (Å²) in [6.07, 6.45) is 1.73. The van der Waals surface area contributed by atoms with Crippen LogP contribution in [0.4, 0.5) is 0 Å². The van der Waals surface area contributed by atoms with Gasteiger partial charge in [-0.15, -0.1) is 0 Å². The Morgan fingerprint density at radius 3 is 2.67 bits per heavy atom. The third kappa shape index (κ3) is 4.25. The van der Waals surface area contributed by atoms with Gasteiger partial charge in [-0.25, -0.2) is 4.79 Å². The molecule has 30 heavy (non-hydrogen) atoms. The molecule has 0 radical (unpaired) electrons. The van der Waals surface area contributed by atoms with E-state index in [2.05, 4.69) is 0 Å². The molecule has 0 spiro atoms. The molecule has 5 heteroatoms. The molecule has 0 fully saturated rings. The van der Waals surface area contributed by atoms with E-state index >= 15 is 0 Å². The largest absolute Gasteiger partial charge is 0.489 e. The molecule has 0 bridgehead atoms. The molecule has 0 saturated carbocycles. The highest BCUT2D eigenvalue weighted by Gasteiger charge is 2.24. The average molecular weight is 400 g/mol. The van der Waals surface area contributed by atoms with E-state index in [4.69, 9.17) is 14.2 Å². The fourth-order valence-electron chi connectivity index (χ4n) is 3.22. The first-order valence-corrected chi connectivity index (χ1v) is 9.51. The van der Waals surface area contributed by atoms with Gasteiger partial charge in [0.2, 0.25) is 0 Å². The quantitative estimate of drug-likeness (QED) is 0.458. The predicted molar refractivity (Wildman–Crippen MR) is 113 cm³/mol. The first-order valence-electron chi connectivity index (χ1n) is 9.51. The van der Waals surface area contributed by atoms with Crippen LogP contribution < -0.4 is 9.47 Å². The zero-order valence-corrected chi connectivity index (χ0v) is 16.5.